The molecular formula is C25H31N3O6. The largest absolute Gasteiger partial charge is 0.496 e. The molecule has 4 rings (SSSR count). The predicted molar refractivity (Wildman–Crippen MR) is 126 cm³/mol. The van der Waals surface area contributed by atoms with E-state index in [1.807, 2.05) is 6.92 Å². The Morgan fingerprint density at radius 1 is 1.15 bits per heavy atom. The third kappa shape index (κ3) is 4.85. The lowest BCUT2D eigenvalue weighted by Crippen LogP contribution is -2.31. The van der Waals surface area contributed by atoms with Crippen LogP contribution in [0.2, 0.25) is 0 Å². The van der Waals surface area contributed by atoms with E-state index in [2.05, 4.69) is 10.1 Å². The Morgan fingerprint density at radius 2 is 1.79 bits per heavy atom. The van der Waals surface area contributed by atoms with Crippen molar-refractivity contribution >= 4 is 17.0 Å². The molecule has 1 aromatic carbocycles. The normalized spacial score (nSPS) is 16.0. The van der Waals surface area contributed by atoms with Crippen molar-refractivity contribution in [3.63, 3.8) is 0 Å². The summed E-state index contributed by atoms with van der Waals surface area (Å²) in [6.45, 7) is 3.87. The molecule has 34 heavy (non-hydrogen) atoms. The maximum absolute atomic E-state index is 11.7. The van der Waals surface area contributed by atoms with Gasteiger partial charge in [0.25, 0.3) is 0 Å². The van der Waals surface area contributed by atoms with E-state index in [-0.39, 0.29) is 18.2 Å². The van der Waals surface area contributed by atoms with Crippen molar-refractivity contribution in [2.24, 2.45) is 0 Å². The number of ether oxygens (including phenoxy) is 3. The first-order chi connectivity index (χ1) is 16.3. The van der Waals surface area contributed by atoms with Crippen LogP contribution in [0.5, 0.6) is 11.5 Å². The summed E-state index contributed by atoms with van der Waals surface area (Å²) in [6, 6.07) is 5.09. The highest BCUT2D eigenvalue weighted by atomic mass is 16.5. The molecule has 9 heteroatoms. The third-order valence-electron chi connectivity index (χ3n) is 6.38. The number of pyridine rings is 1. The van der Waals surface area contributed by atoms with Crippen LogP contribution in [0.1, 0.15) is 59.0 Å². The van der Waals surface area contributed by atoms with Gasteiger partial charge in [-0.1, -0.05) is 12.8 Å². The quantitative estimate of drug-likeness (QED) is 0.486. The Labute approximate surface area is 198 Å². The van der Waals surface area contributed by atoms with Crippen LogP contribution in [0.4, 0.5) is 0 Å². The SMILES string of the molecule is COc1cc(C(O)C(Cn2cc3nc(C)cc(C(=O)O)c3n2)OC2CCCC2)cc(OC)c1C. The summed E-state index contributed by atoms with van der Waals surface area (Å²) in [5.41, 5.74) is 2.95. The Bertz CT molecular complexity index is 1160. The van der Waals surface area contributed by atoms with E-state index < -0.39 is 18.2 Å². The van der Waals surface area contributed by atoms with Crippen LogP contribution in [0.3, 0.4) is 0 Å². The number of aromatic carboxylic acids is 1. The molecule has 1 aliphatic rings. The molecule has 0 saturated heterocycles. The number of aliphatic hydroxyl groups is 1. The zero-order valence-electron chi connectivity index (χ0n) is 19.9. The standard InChI is InChI=1S/C25H31N3O6/c1-14-9-18(25(30)31)23-19(26-14)12-28(27-23)13-22(34-17-7-5-6-8-17)24(29)16-10-20(32-3)15(2)21(11-16)33-4/h9-12,17,22,24,29H,5-8,13H2,1-4H3,(H,30,31). The average Bonchev–Trinajstić information content (AvgIpc) is 3.47. The van der Waals surface area contributed by atoms with Crippen LogP contribution >= 0.6 is 0 Å². The number of carboxylic acids is 1. The fourth-order valence-electron chi connectivity index (χ4n) is 4.61. The van der Waals surface area contributed by atoms with Gasteiger partial charge in [0, 0.05) is 11.3 Å². The highest BCUT2D eigenvalue weighted by molar-refractivity contribution is 6.00. The molecule has 2 heterocycles. The lowest BCUT2D eigenvalue weighted by molar-refractivity contribution is -0.0845. The summed E-state index contributed by atoms with van der Waals surface area (Å²) < 4.78 is 18.9. The topological polar surface area (TPSA) is 116 Å². The number of carboxylic acid groups (broad SMARTS) is 1. The molecule has 182 valence electrons. The lowest BCUT2D eigenvalue weighted by atomic mass is 10.0. The number of carbonyl (C=O) groups is 1. The fraction of sp³-hybridized carbons (Fsp3) is 0.480. The van der Waals surface area contributed by atoms with Crippen molar-refractivity contribution in [3.8, 4) is 11.5 Å². The fourth-order valence-corrected chi connectivity index (χ4v) is 4.61. The van der Waals surface area contributed by atoms with Gasteiger partial charge in [-0.3, -0.25) is 4.68 Å². The van der Waals surface area contributed by atoms with E-state index >= 15 is 0 Å². The summed E-state index contributed by atoms with van der Waals surface area (Å²) in [5, 5.41) is 25.5. The molecule has 1 aliphatic carbocycles. The molecule has 1 saturated carbocycles. The summed E-state index contributed by atoms with van der Waals surface area (Å²) in [5.74, 6) is 0.172. The Balaban J connectivity index is 1.69. The molecule has 2 unspecified atom stereocenters. The summed E-state index contributed by atoms with van der Waals surface area (Å²) in [6.07, 6.45) is 4.21. The van der Waals surface area contributed by atoms with Gasteiger partial charge in [0.15, 0.2) is 0 Å². The number of benzene rings is 1. The smallest absolute Gasteiger partial charge is 0.338 e. The van der Waals surface area contributed by atoms with E-state index in [1.165, 1.54) is 6.07 Å². The van der Waals surface area contributed by atoms with Crippen molar-refractivity contribution in [2.45, 2.75) is 64.4 Å². The maximum Gasteiger partial charge on any atom is 0.338 e. The molecule has 0 aliphatic heterocycles. The minimum Gasteiger partial charge on any atom is -0.496 e. The zero-order valence-corrected chi connectivity index (χ0v) is 19.9. The number of methoxy groups -OCH3 is 2. The predicted octanol–water partition coefficient (Wildman–Crippen LogP) is 3.82. The van der Waals surface area contributed by atoms with Crippen molar-refractivity contribution in [3.05, 3.63) is 46.8 Å². The van der Waals surface area contributed by atoms with Crippen LogP contribution in [0.25, 0.3) is 11.0 Å². The van der Waals surface area contributed by atoms with Crippen molar-refractivity contribution in [2.75, 3.05) is 14.2 Å². The highest BCUT2D eigenvalue weighted by Crippen LogP contribution is 2.35. The summed E-state index contributed by atoms with van der Waals surface area (Å²) in [4.78, 5) is 16.1. The number of nitrogens with zero attached hydrogens (tertiary/aromatic N) is 3. The molecule has 2 atom stereocenters. The highest BCUT2D eigenvalue weighted by Gasteiger charge is 2.29. The molecule has 3 aromatic rings. The summed E-state index contributed by atoms with van der Waals surface area (Å²) >= 11 is 0. The first-order valence-electron chi connectivity index (χ1n) is 11.4. The van der Waals surface area contributed by atoms with E-state index in [4.69, 9.17) is 14.2 Å². The van der Waals surface area contributed by atoms with E-state index in [9.17, 15) is 15.0 Å². The molecule has 2 aromatic heterocycles. The van der Waals surface area contributed by atoms with Crippen molar-refractivity contribution < 1.29 is 29.2 Å². The van der Waals surface area contributed by atoms with Crippen LogP contribution in [0, 0.1) is 13.8 Å². The Hall–Kier alpha value is -3.17. The van der Waals surface area contributed by atoms with E-state index in [0.29, 0.717) is 33.8 Å². The Morgan fingerprint density at radius 3 is 2.38 bits per heavy atom. The molecule has 0 amide bonds. The lowest BCUT2D eigenvalue weighted by Gasteiger charge is -2.27. The number of rotatable bonds is 9. The number of aromatic nitrogens is 3. The first-order valence-corrected chi connectivity index (χ1v) is 11.4. The number of hydrogen-bond donors (Lipinski definition) is 2. The van der Waals surface area contributed by atoms with E-state index in [0.717, 1.165) is 31.2 Å². The van der Waals surface area contributed by atoms with Crippen molar-refractivity contribution in [1.29, 1.82) is 0 Å². The molecule has 0 bridgehead atoms. The second kappa shape index (κ2) is 9.99. The Kier molecular flexibility index (Phi) is 7.04. The number of fused-ring (bicyclic) bond motifs is 1. The van der Waals surface area contributed by atoms with Gasteiger partial charge in [-0.15, -0.1) is 0 Å². The first kappa shape index (κ1) is 24.0. The van der Waals surface area contributed by atoms with Gasteiger partial charge in [0.05, 0.1) is 38.6 Å². The molecule has 0 spiro atoms. The van der Waals surface area contributed by atoms with E-state index in [1.54, 1.807) is 44.2 Å². The van der Waals surface area contributed by atoms with Gasteiger partial charge in [0.2, 0.25) is 0 Å². The molecule has 9 nitrogen and oxygen atoms in total. The van der Waals surface area contributed by atoms with Gasteiger partial charge in [-0.25, -0.2) is 9.78 Å². The van der Waals surface area contributed by atoms with Crippen LogP contribution < -0.4 is 9.47 Å². The average molecular weight is 470 g/mol. The minimum absolute atomic E-state index is 0.0498. The van der Waals surface area contributed by atoms with Gasteiger partial charge in [-0.2, -0.15) is 5.10 Å². The van der Waals surface area contributed by atoms with Crippen molar-refractivity contribution in [1.82, 2.24) is 14.8 Å². The van der Waals surface area contributed by atoms with Crippen LogP contribution in [0.15, 0.2) is 24.4 Å². The maximum atomic E-state index is 11.7. The third-order valence-corrected chi connectivity index (χ3v) is 6.38. The second-order valence-electron chi connectivity index (χ2n) is 8.78. The molecule has 1 fully saturated rings. The second-order valence-corrected chi connectivity index (χ2v) is 8.78. The van der Waals surface area contributed by atoms with Gasteiger partial charge in [-0.05, 0) is 50.5 Å². The van der Waals surface area contributed by atoms with Gasteiger partial charge >= 0.3 is 5.97 Å². The summed E-state index contributed by atoms with van der Waals surface area (Å²) in [7, 11) is 3.16. The number of aliphatic hydroxyl groups excluding tert-OH is 1. The monoisotopic (exact) mass is 469 g/mol. The molecular weight excluding hydrogens is 438 g/mol. The molecule has 2 N–H and O–H groups in total. The minimum atomic E-state index is -1.06. The van der Waals surface area contributed by atoms with Crippen LogP contribution in [-0.4, -0.2) is 57.4 Å². The van der Waals surface area contributed by atoms with Gasteiger partial charge in [0.1, 0.15) is 34.7 Å². The number of hydrogen-bond acceptors (Lipinski definition) is 7. The number of aryl methyl sites for hydroxylation is 1. The zero-order chi connectivity index (χ0) is 24.4. The molecule has 0 radical (unpaired) electrons. The van der Waals surface area contributed by atoms with Gasteiger partial charge < -0.3 is 24.4 Å². The van der Waals surface area contributed by atoms with Crippen LogP contribution in [-0.2, 0) is 11.3 Å².